The molecule has 2 aromatic heterocycles. The van der Waals surface area contributed by atoms with Crippen LogP contribution < -0.4 is 11.3 Å². The summed E-state index contributed by atoms with van der Waals surface area (Å²) < 4.78 is 28.7. The zero-order chi connectivity index (χ0) is 25.9. The Morgan fingerprint density at radius 2 is 1.69 bits per heavy atom. The number of rotatable bonds is 5. The topological polar surface area (TPSA) is 147 Å². The third-order valence-corrected chi connectivity index (χ3v) is 17.6. The van der Waals surface area contributed by atoms with E-state index in [1.165, 1.54) is 6.33 Å². The molecule has 4 rings (SSSR count). The van der Waals surface area contributed by atoms with Crippen molar-refractivity contribution in [2.75, 3.05) is 12.3 Å². The molecule has 4 N–H and O–H groups in total. The number of aromatic amines is 1. The maximum Gasteiger partial charge on any atom is 0.335 e. The molecule has 0 aliphatic carbocycles. The second kappa shape index (κ2) is 9.36. The van der Waals surface area contributed by atoms with Gasteiger partial charge in [-0.3, -0.25) is 14.3 Å². The van der Waals surface area contributed by atoms with Crippen LogP contribution in [0.25, 0.3) is 11.2 Å². The Morgan fingerprint density at radius 1 is 1.09 bits per heavy atom. The zero-order valence-electron chi connectivity index (χ0n) is 21.8. The second-order valence-electron chi connectivity index (χ2n) is 10.9. The number of ether oxygens (including phenoxy) is 1. The average molecular weight is 526 g/mol. The summed E-state index contributed by atoms with van der Waals surface area (Å²) in [6.07, 6.45) is -1.67. The summed E-state index contributed by atoms with van der Waals surface area (Å²) in [5.74, 6) is -0.0357. The summed E-state index contributed by atoms with van der Waals surface area (Å²) in [6.45, 7) is 17.4. The zero-order valence-corrected chi connectivity index (χ0v) is 23.8. The molecule has 4 heterocycles. The lowest BCUT2D eigenvalue weighted by Gasteiger charge is -2.51. The minimum atomic E-state index is -2.91. The summed E-state index contributed by atoms with van der Waals surface area (Å²) in [4.78, 5) is 23.1. The lowest BCUT2D eigenvalue weighted by molar-refractivity contribution is -0.0570. The first kappa shape index (κ1) is 26.4. The minimum absolute atomic E-state index is 0.0357. The Morgan fingerprint density at radius 3 is 2.26 bits per heavy atom. The largest absolute Gasteiger partial charge is 0.414 e. The molecule has 196 valence electrons. The molecule has 0 spiro atoms. The van der Waals surface area contributed by atoms with E-state index in [0.717, 1.165) is 0 Å². The number of imidazole rings is 1. The number of fused-ring (bicyclic) bond motifs is 2. The highest BCUT2D eigenvalue weighted by atomic mass is 28.5. The summed E-state index contributed by atoms with van der Waals surface area (Å²) in [7, 11) is -5.64. The number of nitrogens with two attached hydrogens (primary N) is 1. The van der Waals surface area contributed by atoms with Gasteiger partial charge in [0.15, 0.2) is 17.4 Å². The van der Waals surface area contributed by atoms with Crippen LogP contribution in [0.15, 0.2) is 11.1 Å². The van der Waals surface area contributed by atoms with Gasteiger partial charge < -0.3 is 28.5 Å². The number of aliphatic hydroxyl groups is 1. The highest BCUT2D eigenvalue weighted by Crippen LogP contribution is 2.48. The number of anilines is 1. The van der Waals surface area contributed by atoms with Gasteiger partial charge in [-0.1, -0.05) is 55.4 Å². The first-order valence-corrected chi connectivity index (χ1v) is 16.4. The molecule has 1 unspecified atom stereocenters. The van der Waals surface area contributed by atoms with Gasteiger partial charge in [-0.25, -0.2) is 4.98 Å². The number of aromatic nitrogens is 4. The van der Waals surface area contributed by atoms with E-state index in [1.807, 2.05) is 0 Å². The highest BCUT2D eigenvalue weighted by molar-refractivity contribution is 6.83. The standard InChI is InChI=1S/C22H39N5O6Si2/c1-11(2)34(12(3)4)30-9-15-18(32-35(33-34,13(5)6)14(7)8)17(28)21(31-15)27-10-24-16-19(27)25-22(23)26-20(16)29/h10-15,17-18,21,28H,9H2,1-8H3,(H3,23,25,26,29)/t15-,17?,18+,21-/m1/s1. The number of aliphatic hydroxyl groups excluding tert-OH is 1. The Balaban J connectivity index is 1.79. The SMILES string of the molecule is CC(C)[Si]1(C(C)C)OC[C@H]2O[C@@H](n3cnc4c(=O)[nH]c(N)nc43)C(O)[C@H]2O[Si](C(C)C)(C(C)C)O1. The van der Waals surface area contributed by atoms with Crippen molar-refractivity contribution in [3.63, 3.8) is 0 Å². The molecule has 0 radical (unpaired) electrons. The normalized spacial score (nSPS) is 28.7. The van der Waals surface area contributed by atoms with E-state index in [2.05, 4.69) is 70.3 Å². The van der Waals surface area contributed by atoms with Crippen molar-refractivity contribution < 1.29 is 22.8 Å². The van der Waals surface area contributed by atoms with Crippen molar-refractivity contribution >= 4 is 34.2 Å². The van der Waals surface area contributed by atoms with E-state index in [4.69, 9.17) is 23.4 Å². The molecular weight excluding hydrogens is 486 g/mol. The summed E-state index contributed by atoms with van der Waals surface area (Å²) in [5.41, 5.74) is 6.33. The highest BCUT2D eigenvalue weighted by Gasteiger charge is 2.61. The third kappa shape index (κ3) is 4.20. The molecule has 0 amide bonds. The Labute approximate surface area is 207 Å². The predicted octanol–water partition coefficient (Wildman–Crippen LogP) is 2.92. The van der Waals surface area contributed by atoms with Crippen LogP contribution in [-0.4, -0.2) is 66.7 Å². The number of hydrogen-bond acceptors (Lipinski definition) is 9. The van der Waals surface area contributed by atoms with Gasteiger partial charge in [0.1, 0.15) is 18.3 Å². The van der Waals surface area contributed by atoms with Crippen LogP contribution in [0.5, 0.6) is 0 Å². The van der Waals surface area contributed by atoms with Crippen molar-refractivity contribution in [1.29, 1.82) is 0 Å². The first-order valence-electron chi connectivity index (χ1n) is 12.4. The first-order chi connectivity index (χ1) is 16.3. The molecule has 35 heavy (non-hydrogen) atoms. The lowest BCUT2D eigenvalue weighted by Crippen LogP contribution is -2.65. The minimum Gasteiger partial charge on any atom is -0.414 e. The van der Waals surface area contributed by atoms with E-state index in [0.29, 0.717) is 0 Å². The fourth-order valence-electron chi connectivity index (χ4n) is 5.50. The molecule has 11 nitrogen and oxygen atoms in total. The molecule has 13 heteroatoms. The monoisotopic (exact) mass is 525 g/mol. The van der Waals surface area contributed by atoms with Gasteiger partial charge in [-0.2, -0.15) is 4.98 Å². The number of nitrogens with one attached hydrogen (secondary N) is 1. The quantitative estimate of drug-likeness (QED) is 0.501. The fraction of sp³-hybridized carbons (Fsp3) is 0.773. The molecule has 2 aliphatic rings. The van der Waals surface area contributed by atoms with Crippen molar-refractivity contribution in [1.82, 2.24) is 19.5 Å². The van der Waals surface area contributed by atoms with Crippen molar-refractivity contribution in [3.05, 3.63) is 16.7 Å². The summed E-state index contributed by atoms with van der Waals surface area (Å²) in [5, 5.41) is 11.5. The van der Waals surface area contributed by atoms with Gasteiger partial charge >= 0.3 is 17.1 Å². The Hall–Kier alpha value is -1.62. The predicted molar refractivity (Wildman–Crippen MR) is 136 cm³/mol. The number of nitrogen functional groups attached to an aromatic ring is 1. The van der Waals surface area contributed by atoms with Gasteiger partial charge in [0.25, 0.3) is 5.56 Å². The summed E-state index contributed by atoms with van der Waals surface area (Å²) >= 11 is 0. The fourth-order valence-corrected chi connectivity index (χ4v) is 16.7. The summed E-state index contributed by atoms with van der Waals surface area (Å²) in [6, 6.07) is 0. The van der Waals surface area contributed by atoms with Crippen LogP contribution in [0.4, 0.5) is 5.95 Å². The third-order valence-electron chi connectivity index (χ3n) is 7.37. The maximum atomic E-state index is 12.3. The van der Waals surface area contributed by atoms with Crippen LogP contribution in [0.1, 0.15) is 61.6 Å². The van der Waals surface area contributed by atoms with Gasteiger partial charge in [0, 0.05) is 0 Å². The van der Waals surface area contributed by atoms with Crippen LogP contribution in [0, 0.1) is 0 Å². The van der Waals surface area contributed by atoms with Crippen molar-refractivity contribution in [2.45, 2.75) is 102 Å². The molecule has 0 bridgehead atoms. The lowest BCUT2D eigenvalue weighted by atomic mass is 10.1. The van der Waals surface area contributed by atoms with Crippen molar-refractivity contribution in [2.24, 2.45) is 0 Å². The molecule has 0 saturated carbocycles. The van der Waals surface area contributed by atoms with Gasteiger partial charge in [-0.05, 0) is 22.2 Å². The van der Waals surface area contributed by atoms with E-state index in [9.17, 15) is 9.90 Å². The van der Waals surface area contributed by atoms with Gasteiger partial charge in [0.2, 0.25) is 5.95 Å². The molecule has 2 saturated heterocycles. The molecule has 2 aliphatic heterocycles. The number of hydrogen-bond donors (Lipinski definition) is 3. The smallest absolute Gasteiger partial charge is 0.335 e. The van der Waals surface area contributed by atoms with Crippen LogP contribution >= 0.6 is 0 Å². The van der Waals surface area contributed by atoms with Gasteiger partial charge in [0.05, 0.1) is 12.9 Å². The Kier molecular flexibility index (Phi) is 7.07. The molecule has 2 fully saturated rings. The number of nitrogens with zero attached hydrogens (tertiary/aromatic N) is 3. The molecule has 0 aromatic carbocycles. The van der Waals surface area contributed by atoms with Crippen LogP contribution in [-0.2, 0) is 17.7 Å². The van der Waals surface area contributed by atoms with E-state index < -0.39 is 47.2 Å². The Bertz CT molecular complexity index is 1100. The van der Waals surface area contributed by atoms with E-state index in [1.54, 1.807) is 4.57 Å². The molecule has 4 atom stereocenters. The van der Waals surface area contributed by atoms with Gasteiger partial charge in [-0.15, -0.1) is 0 Å². The average Bonchev–Trinajstić information content (AvgIpc) is 3.28. The van der Waals surface area contributed by atoms with E-state index >= 15 is 0 Å². The van der Waals surface area contributed by atoms with Crippen molar-refractivity contribution in [3.8, 4) is 0 Å². The maximum absolute atomic E-state index is 12.3. The second-order valence-corrected chi connectivity index (χ2v) is 19.7. The number of H-pyrrole nitrogens is 1. The molecule has 2 aromatic rings. The van der Waals surface area contributed by atoms with E-state index in [-0.39, 0.29) is 45.9 Å². The molecular formula is C22H39N5O6Si2. The van der Waals surface area contributed by atoms with Crippen LogP contribution in [0.2, 0.25) is 22.2 Å². The van der Waals surface area contributed by atoms with Crippen LogP contribution in [0.3, 0.4) is 0 Å².